The Hall–Kier alpha value is -0.120. The lowest BCUT2D eigenvalue weighted by Gasteiger charge is -2.36. The summed E-state index contributed by atoms with van der Waals surface area (Å²) in [6, 6.07) is 1.32. The van der Waals surface area contributed by atoms with E-state index < -0.39 is 0 Å². The highest BCUT2D eigenvalue weighted by atomic mass is 16.5. The molecular formula is C17H36N2O. The summed E-state index contributed by atoms with van der Waals surface area (Å²) in [5.74, 6) is 0.764. The number of unbranched alkanes of at least 4 members (excludes halogenated alkanes) is 2. The zero-order valence-electron chi connectivity index (χ0n) is 14.2. The molecule has 1 fully saturated rings. The van der Waals surface area contributed by atoms with Crippen molar-refractivity contribution < 1.29 is 4.74 Å². The van der Waals surface area contributed by atoms with Crippen molar-refractivity contribution in [3.63, 3.8) is 0 Å². The van der Waals surface area contributed by atoms with Gasteiger partial charge in [-0.1, -0.05) is 40.0 Å². The molecule has 2 atom stereocenters. The molecule has 1 rings (SSSR count). The summed E-state index contributed by atoms with van der Waals surface area (Å²) in [6.07, 6.45) is 6.64. The second kappa shape index (κ2) is 10.6. The molecule has 1 aliphatic heterocycles. The predicted molar refractivity (Wildman–Crippen MR) is 87.2 cm³/mol. The highest BCUT2D eigenvalue weighted by molar-refractivity contribution is 4.78. The summed E-state index contributed by atoms with van der Waals surface area (Å²) in [4.78, 5) is 2.62. The third-order valence-electron chi connectivity index (χ3n) is 4.25. The number of hydrogen-bond donors (Lipinski definition) is 1. The number of rotatable bonds is 10. The van der Waals surface area contributed by atoms with E-state index in [1.807, 2.05) is 0 Å². The monoisotopic (exact) mass is 284 g/mol. The van der Waals surface area contributed by atoms with E-state index in [4.69, 9.17) is 4.74 Å². The Morgan fingerprint density at radius 3 is 2.40 bits per heavy atom. The van der Waals surface area contributed by atoms with Crippen molar-refractivity contribution in [2.45, 2.75) is 71.9 Å². The first kappa shape index (κ1) is 17.9. The molecule has 0 aromatic carbocycles. The third kappa shape index (κ3) is 7.61. The number of nitrogens with zero attached hydrogens (tertiary/aromatic N) is 1. The average molecular weight is 284 g/mol. The quantitative estimate of drug-likeness (QED) is 0.623. The van der Waals surface area contributed by atoms with Crippen LogP contribution in [0.3, 0.4) is 0 Å². The van der Waals surface area contributed by atoms with Crippen LogP contribution in [0.25, 0.3) is 0 Å². The van der Waals surface area contributed by atoms with Gasteiger partial charge in [0, 0.05) is 31.7 Å². The van der Waals surface area contributed by atoms with Gasteiger partial charge in [0.05, 0.1) is 13.2 Å². The Morgan fingerprint density at radius 2 is 1.80 bits per heavy atom. The van der Waals surface area contributed by atoms with E-state index in [2.05, 4.69) is 37.9 Å². The van der Waals surface area contributed by atoms with Crippen molar-refractivity contribution in [1.29, 1.82) is 0 Å². The minimum Gasteiger partial charge on any atom is -0.379 e. The van der Waals surface area contributed by atoms with Gasteiger partial charge in [-0.3, -0.25) is 4.90 Å². The number of nitrogens with one attached hydrogen (secondary N) is 1. The largest absolute Gasteiger partial charge is 0.379 e. The first-order valence-corrected chi connectivity index (χ1v) is 8.68. The van der Waals surface area contributed by atoms with E-state index >= 15 is 0 Å². The van der Waals surface area contributed by atoms with Crippen LogP contribution >= 0.6 is 0 Å². The van der Waals surface area contributed by atoms with Gasteiger partial charge in [0.25, 0.3) is 0 Å². The smallest absolute Gasteiger partial charge is 0.0594 e. The molecular weight excluding hydrogens is 248 g/mol. The fourth-order valence-electron chi connectivity index (χ4n) is 2.99. The van der Waals surface area contributed by atoms with Gasteiger partial charge in [-0.15, -0.1) is 0 Å². The highest BCUT2D eigenvalue weighted by Crippen LogP contribution is 2.13. The molecule has 20 heavy (non-hydrogen) atoms. The fourth-order valence-corrected chi connectivity index (χ4v) is 2.99. The maximum absolute atomic E-state index is 5.48. The van der Waals surface area contributed by atoms with E-state index in [1.54, 1.807) is 0 Å². The van der Waals surface area contributed by atoms with Crippen molar-refractivity contribution in [1.82, 2.24) is 10.2 Å². The predicted octanol–water partition coefficient (Wildman–Crippen LogP) is 3.29. The first-order chi connectivity index (χ1) is 9.63. The van der Waals surface area contributed by atoms with E-state index in [0.29, 0.717) is 12.1 Å². The summed E-state index contributed by atoms with van der Waals surface area (Å²) in [5.41, 5.74) is 0. The molecule has 120 valence electrons. The van der Waals surface area contributed by atoms with Gasteiger partial charge >= 0.3 is 0 Å². The molecule has 3 nitrogen and oxygen atoms in total. The lowest BCUT2D eigenvalue weighted by molar-refractivity contribution is 0.0118. The van der Waals surface area contributed by atoms with Crippen molar-refractivity contribution in [3.8, 4) is 0 Å². The van der Waals surface area contributed by atoms with Crippen LogP contribution in [0.5, 0.6) is 0 Å². The van der Waals surface area contributed by atoms with E-state index in [0.717, 1.165) is 38.8 Å². The lowest BCUT2D eigenvalue weighted by atomic mass is 10.0. The Bertz CT molecular complexity index is 227. The maximum atomic E-state index is 5.48. The van der Waals surface area contributed by atoms with E-state index in [9.17, 15) is 0 Å². The van der Waals surface area contributed by atoms with Crippen LogP contribution in [0.1, 0.15) is 59.8 Å². The Labute approximate surface area is 126 Å². The van der Waals surface area contributed by atoms with Gasteiger partial charge in [-0.05, 0) is 25.7 Å². The van der Waals surface area contributed by atoms with Crippen molar-refractivity contribution in [2.24, 2.45) is 5.92 Å². The van der Waals surface area contributed by atoms with Crippen molar-refractivity contribution in [3.05, 3.63) is 0 Å². The molecule has 1 saturated heterocycles. The zero-order valence-corrected chi connectivity index (χ0v) is 14.2. The van der Waals surface area contributed by atoms with Crippen LogP contribution < -0.4 is 5.32 Å². The van der Waals surface area contributed by atoms with Crippen LogP contribution in [-0.4, -0.2) is 49.8 Å². The van der Waals surface area contributed by atoms with Gasteiger partial charge in [-0.25, -0.2) is 0 Å². The van der Waals surface area contributed by atoms with Crippen LogP contribution in [0.2, 0.25) is 0 Å². The second-order valence-electron chi connectivity index (χ2n) is 6.74. The molecule has 0 aromatic heterocycles. The van der Waals surface area contributed by atoms with Gasteiger partial charge in [0.1, 0.15) is 0 Å². The van der Waals surface area contributed by atoms with Crippen molar-refractivity contribution in [2.75, 3.05) is 32.8 Å². The van der Waals surface area contributed by atoms with Gasteiger partial charge < -0.3 is 10.1 Å². The summed E-state index contributed by atoms with van der Waals surface area (Å²) >= 11 is 0. The van der Waals surface area contributed by atoms with Crippen LogP contribution in [0, 0.1) is 5.92 Å². The number of morpholine rings is 1. The zero-order chi connectivity index (χ0) is 14.8. The summed E-state index contributed by atoms with van der Waals surface area (Å²) in [5, 5.41) is 3.76. The molecule has 0 aromatic rings. The number of hydrogen-bond acceptors (Lipinski definition) is 3. The standard InChI is InChI=1S/C17H36N2O/c1-5-6-7-8-16(4)18-14-17(13-15(2)3)19-9-11-20-12-10-19/h15-18H,5-14H2,1-4H3. The van der Waals surface area contributed by atoms with E-state index in [1.165, 1.54) is 32.1 Å². The average Bonchev–Trinajstić information content (AvgIpc) is 2.44. The molecule has 0 bridgehead atoms. The molecule has 2 unspecified atom stereocenters. The molecule has 1 aliphatic rings. The normalized spacial score (nSPS) is 20.2. The van der Waals surface area contributed by atoms with Crippen LogP contribution in [-0.2, 0) is 4.74 Å². The molecule has 0 amide bonds. The maximum Gasteiger partial charge on any atom is 0.0594 e. The molecule has 0 radical (unpaired) electrons. The van der Waals surface area contributed by atoms with Crippen molar-refractivity contribution >= 4 is 0 Å². The van der Waals surface area contributed by atoms with Gasteiger partial charge in [-0.2, -0.15) is 0 Å². The molecule has 3 heteroatoms. The summed E-state index contributed by atoms with van der Waals surface area (Å²) in [6.45, 7) is 14.4. The number of ether oxygens (including phenoxy) is 1. The second-order valence-corrected chi connectivity index (χ2v) is 6.74. The Morgan fingerprint density at radius 1 is 1.10 bits per heavy atom. The third-order valence-corrected chi connectivity index (χ3v) is 4.25. The molecule has 1 heterocycles. The minimum absolute atomic E-state index is 0.650. The summed E-state index contributed by atoms with van der Waals surface area (Å²) < 4.78 is 5.48. The molecule has 0 aliphatic carbocycles. The minimum atomic E-state index is 0.650. The summed E-state index contributed by atoms with van der Waals surface area (Å²) in [7, 11) is 0. The van der Waals surface area contributed by atoms with Crippen LogP contribution in [0.15, 0.2) is 0 Å². The SMILES string of the molecule is CCCCCC(C)NCC(CC(C)C)N1CCOCC1. The molecule has 0 spiro atoms. The van der Waals surface area contributed by atoms with E-state index in [-0.39, 0.29) is 0 Å². The fraction of sp³-hybridized carbons (Fsp3) is 1.00. The van der Waals surface area contributed by atoms with Crippen LogP contribution in [0.4, 0.5) is 0 Å². The Balaban J connectivity index is 2.31. The Kier molecular flexibility index (Phi) is 9.49. The van der Waals surface area contributed by atoms with Gasteiger partial charge in [0.15, 0.2) is 0 Å². The highest BCUT2D eigenvalue weighted by Gasteiger charge is 2.22. The van der Waals surface area contributed by atoms with Gasteiger partial charge in [0.2, 0.25) is 0 Å². The molecule has 1 N–H and O–H groups in total. The lowest BCUT2D eigenvalue weighted by Crippen LogP contribution is -2.49. The first-order valence-electron chi connectivity index (χ1n) is 8.68. The topological polar surface area (TPSA) is 24.5 Å². The molecule has 0 saturated carbocycles.